The first kappa shape index (κ1) is 42.5. The molecule has 6 heteroatoms. The van der Waals surface area contributed by atoms with E-state index in [-0.39, 0.29) is 161 Å². The van der Waals surface area contributed by atoms with Crippen LogP contribution in [0.25, 0.3) is 0 Å². The Morgan fingerprint density at radius 3 is 0.333 bits per heavy atom. The second kappa shape index (κ2) is 31.6. The van der Waals surface area contributed by atoms with E-state index in [0.717, 1.165) is 0 Å². The second-order valence-electron chi connectivity index (χ2n) is 0. The molecule has 0 bridgehead atoms. The maximum atomic E-state index is 0. The molecule has 0 unspecified atom stereocenters. The Bertz CT molecular complexity index is 3.90. The fourth-order valence-corrected chi connectivity index (χ4v) is 0. The first-order valence-corrected chi connectivity index (χ1v) is 0. The van der Waals surface area contributed by atoms with Crippen molar-refractivity contribution >= 4 is 161 Å². The van der Waals surface area contributed by atoms with Crippen molar-refractivity contribution < 1.29 is 0 Å². The summed E-state index contributed by atoms with van der Waals surface area (Å²) in [5.41, 5.74) is 0. The average molecular weight is 154 g/mol. The first-order chi connectivity index (χ1) is 0. The molecule has 0 aromatic heterocycles. The van der Waals surface area contributed by atoms with Crippen molar-refractivity contribution in [2.45, 2.75) is 0 Å². The van der Waals surface area contributed by atoms with Crippen LogP contribution in [0.5, 0.6) is 0 Å². The normalized spacial score (nSPS) is 0. The van der Waals surface area contributed by atoms with Crippen LogP contribution >= 0.6 is 13.5 Å². The number of hydrogen-bond acceptors (Lipinski definition) is 0. The fourth-order valence-electron chi connectivity index (χ4n) is 0. The molecular formula is H7Na5S. The van der Waals surface area contributed by atoms with Crippen molar-refractivity contribution in [3.05, 3.63) is 0 Å². The van der Waals surface area contributed by atoms with E-state index < -0.39 is 0 Å². The summed E-state index contributed by atoms with van der Waals surface area (Å²) in [5.74, 6) is 0. The number of hydrogen-bond donors (Lipinski definition) is 0. The Morgan fingerprint density at radius 2 is 0.333 bits per heavy atom. The SMILES string of the molecule is S.[NaH].[NaH].[NaH].[NaH].[NaH]. The molecule has 0 saturated heterocycles. The molecule has 0 N–H and O–H groups in total. The van der Waals surface area contributed by atoms with Crippen LogP contribution < -0.4 is 0 Å². The molecule has 0 aromatic rings. The van der Waals surface area contributed by atoms with Gasteiger partial charge in [-0.15, -0.1) is 0 Å². The summed E-state index contributed by atoms with van der Waals surface area (Å²) < 4.78 is 0. The summed E-state index contributed by atoms with van der Waals surface area (Å²) in [5, 5.41) is 0. The summed E-state index contributed by atoms with van der Waals surface area (Å²) in [6, 6.07) is 0. The van der Waals surface area contributed by atoms with Crippen molar-refractivity contribution in [2.24, 2.45) is 0 Å². The third-order valence-corrected chi connectivity index (χ3v) is 0. The predicted molar refractivity (Wildman–Crippen MR) is 46.1 cm³/mol. The molecule has 6 heavy (non-hydrogen) atoms. The molecule has 0 aliphatic carbocycles. The van der Waals surface area contributed by atoms with E-state index in [1.165, 1.54) is 0 Å². The van der Waals surface area contributed by atoms with E-state index in [4.69, 9.17) is 0 Å². The standard InChI is InChI=1S/5Na.H2S.5H/h;;;;;1H2;;;;;. The molecule has 0 fully saturated rings. The molecule has 0 rings (SSSR count). The van der Waals surface area contributed by atoms with Crippen LogP contribution in [0.4, 0.5) is 0 Å². The van der Waals surface area contributed by atoms with Crippen molar-refractivity contribution in [1.29, 1.82) is 0 Å². The summed E-state index contributed by atoms with van der Waals surface area (Å²) in [6.45, 7) is 0. The zero-order valence-corrected chi connectivity index (χ0v) is 1.50. The quantitative estimate of drug-likeness (QED) is 0.324. The van der Waals surface area contributed by atoms with E-state index in [9.17, 15) is 0 Å². The third kappa shape index (κ3) is 22.8. The minimum absolute atomic E-state index is 0. The van der Waals surface area contributed by atoms with Crippen LogP contribution in [-0.2, 0) is 0 Å². The van der Waals surface area contributed by atoms with Gasteiger partial charge in [-0.2, -0.15) is 13.5 Å². The van der Waals surface area contributed by atoms with Crippen LogP contribution in [0.15, 0.2) is 0 Å². The van der Waals surface area contributed by atoms with Gasteiger partial charge in [0.05, 0.1) is 0 Å². The molecule has 0 amide bonds. The van der Waals surface area contributed by atoms with Crippen LogP contribution in [0, 0.1) is 0 Å². The minimum atomic E-state index is 0. The second-order valence-corrected chi connectivity index (χ2v) is 0. The van der Waals surface area contributed by atoms with Gasteiger partial charge in [0.2, 0.25) is 0 Å². The molecule has 0 heterocycles. The molecule has 0 atom stereocenters. The molecule has 18 valence electrons. The monoisotopic (exact) mass is 154 g/mol. The summed E-state index contributed by atoms with van der Waals surface area (Å²) in [7, 11) is 0. The van der Waals surface area contributed by atoms with Gasteiger partial charge >= 0.3 is 148 Å². The first-order valence-electron chi connectivity index (χ1n) is 0. The van der Waals surface area contributed by atoms with Crippen molar-refractivity contribution in [3.63, 3.8) is 0 Å². The zero-order chi connectivity index (χ0) is 0. The van der Waals surface area contributed by atoms with Crippen molar-refractivity contribution in [1.82, 2.24) is 0 Å². The van der Waals surface area contributed by atoms with Gasteiger partial charge in [-0.1, -0.05) is 0 Å². The Kier molecular flexibility index (Phi) is 224. The van der Waals surface area contributed by atoms with E-state index in [1.54, 1.807) is 0 Å². The fraction of sp³-hybridized carbons (Fsp3) is 0. The molecule has 0 aliphatic heterocycles. The van der Waals surface area contributed by atoms with Crippen LogP contribution in [-0.4, -0.2) is 148 Å². The topological polar surface area (TPSA) is 0 Å². The third-order valence-electron chi connectivity index (χ3n) is 0. The summed E-state index contributed by atoms with van der Waals surface area (Å²) in [4.78, 5) is 0. The maximum absolute atomic E-state index is 0. The molecule has 0 aromatic carbocycles. The van der Waals surface area contributed by atoms with E-state index >= 15 is 0 Å². The average Bonchev–Trinajstić information content (AvgIpc) is 0. The van der Waals surface area contributed by atoms with Crippen LogP contribution in [0.3, 0.4) is 0 Å². The molecule has 0 spiro atoms. The number of rotatable bonds is 0. The Morgan fingerprint density at radius 1 is 0.333 bits per heavy atom. The van der Waals surface area contributed by atoms with Gasteiger partial charge in [-0.3, -0.25) is 0 Å². The zero-order valence-electron chi connectivity index (χ0n) is 0.500. The molecular weight excluding hydrogens is 147 g/mol. The van der Waals surface area contributed by atoms with Crippen LogP contribution in [0.1, 0.15) is 0 Å². The van der Waals surface area contributed by atoms with Gasteiger partial charge in [-0.25, -0.2) is 0 Å². The van der Waals surface area contributed by atoms with Gasteiger partial charge in [0.25, 0.3) is 0 Å². The summed E-state index contributed by atoms with van der Waals surface area (Å²) in [6.07, 6.45) is 0. The van der Waals surface area contributed by atoms with Gasteiger partial charge < -0.3 is 0 Å². The Hall–Kier alpha value is 5.35. The van der Waals surface area contributed by atoms with E-state index in [1.807, 2.05) is 0 Å². The Labute approximate surface area is 157 Å². The molecule has 0 aliphatic rings. The predicted octanol–water partition coefficient (Wildman–Crippen LogP) is -3.13. The van der Waals surface area contributed by atoms with Crippen LogP contribution in [0.2, 0.25) is 0 Å². The molecule has 0 nitrogen and oxygen atoms in total. The van der Waals surface area contributed by atoms with Gasteiger partial charge in [-0.05, 0) is 0 Å². The summed E-state index contributed by atoms with van der Waals surface area (Å²) >= 11 is 0. The van der Waals surface area contributed by atoms with Crippen molar-refractivity contribution in [2.75, 3.05) is 0 Å². The van der Waals surface area contributed by atoms with E-state index in [2.05, 4.69) is 0 Å². The Balaban J connectivity index is 0. The van der Waals surface area contributed by atoms with Gasteiger partial charge in [0, 0.05) is 0 Å². The van der Waals surface area contributed by atoms with Gasteiger partial charge in [0.15, 0.2) is 0 Å². The van der Waals surface area contributed by atoms with E-state index in [0.29, 0.717) is 0 Å². The van der Waals surface area contributed by atoms with Crippen molar-refractivity contribution in [3.8, 4) is 0 Å². The van der Waals surface area contributed by atoms with Gasteiger partial charge in [0.1, 0.15) is 0 Å². The molecule has 0 saturated carbocycles. The molecule has 0 radical (unpaired) electrons.